The molecule has 36 heavy (non-hydrogen) atoms. The van der Waals surface area contributed by atoms with Gasteiger partial charge in [-0.2, -0.15) is 0 Å². The average molecular weight is 479 g/mol. The molecule has 2 aromatic heterocycles. The summed E-state index contributed by atoms with van der Waals surface area (Å²) >= 11 is 0. The van der Waals surface area contributed by atoms with Crippen LogP contribution in [0.15, 0.2) is 88.5 Å². The summed E-state index contributed by atoms with van der Waals surface area (Å²) in [5.41, 5.74) is 3.49. The van der Waals surface area contributed by atoms with E-state index in [0.29, 0.717) is 27.9 Å². The van der Waals surface area contributed by atoms with E-state index >= 15 is 0 Å². The van der Waals surface area contributed by atoms with Crippen LogP contribution in [0.5, 0.6) is 0 Å². The van der Waals surface area contributed by atoms with Crippen LogP contribution in [0.4, 0.5) is 11.4 Å². The molecule has 1 N–H and O–H groups in total. The first-order valence-electron chi connectivity index (χ1n) is 11.4. The van der Waals surface area contributed by atoms with Gasteiger partial charge in [0.05, 0.1) is 44.2 Å². The summed E-state index contributed by atoms with van der Waals surface area (Å²) in [7, 11) is 3.08. The predicted octanol–water partition coefficient (Wildman–Crippen LogP) is 4.12. The molecule has 0 saturated heterocycles. The van der Waals surface area contributed by atoms with Gasteiger partial charge in [0, 0.05) is 20.2 Å². The molecular formula is C27H21N5O4. The Morgan fingerprint density at radius 1 is 0.861 bits per heavy atom. The van der Waals surface area contributed by atoms with Crippen LogP contribution in [0.3, 0.4) is 0 Å². The van der Waals surface area contributed by atoms with Crippen molar-refractivity contribution >= 4 is 22.3 Å². The zero-order chi connectivity index (χ0) is 25.1. The van der Waals surface area contributed by atoms with Gasteiger partial charge in [-0.3, -0.25) is 24.0 Å². The van der Waals surface area contributed by atoms with Crippen molar-refractivity contribution in [3.8, 4) is 16.9 Å². The van der Waals surface area contributed by atoms with Crippen LogP contribution < -0.4 is 16.6 Å². The number of fused-ring (bicyclic) bond motifs is 5. The standard InChI is InChI=1S/C27H21N5O4/c1-29-24-21(26(33)30(2)27(29)34)23(16-10-4-3-5-11-16)31-20-15-9-7-13-18(20)28-22(25(24)31)17-12-6-8-14-19(17)32(35)36/h3-15,22,28H,1-2H3/t22-/m1/s1. The van der Waals surface area contributed by atoms with Crippen molar-refractivity contribution in [2.75, 3.05) is 5.32 Å². The van der Waals surface area contributed by atoms with E-state index in [0.717, 1.165) is 21.5 Å². The van der Waals surface area contributed by atoms with Gasteiger partial charge >= 0.3 is 5.69 Å². The van der Waals surface area contributed by atoms with Crippen LogP contribution in [0.25, 0.3) is 27.8 Å². The third-order valence-corrected chi connectivity index (χ3v) is 6.82. The first-order valence-corrected chi connectivity index (χ1v) is 11.4. The van der Waals surface area contributed by atoms with Gasteiger partial charge in [0.2, 0.25) is 0 Å². The number of nitrogens with zero attached hydrogens (tertiary/aromatic N) is 4. The van der Waals surface area contributed by atoms with Gasteiger partial charge in [0.1, 0.15) is 6.04 Å². The lowest BCUT2D eigenvalue weighted by molar-refractivity contribution is -0.385. The average Bonchev–Trinajstić information content (AvgIpc) is 3.27. The Bertz CT molecular complexity index is 1810. The molecule has 0 fully saturated rings. The second kappa shape index (κ2) is 7.81. The van der Waals surface area contributed by atoms with E-state index in [1.807, 2.05) is 59.2 Å². The lowest BCUT2D eigenvalue weighted by Gasteiger charge is -2.31. The molecule has 9 nitrogen and oxygen atoms in total. The lowest BCUT2D eigenvalue weighted by atomic mass is 9.98. The summed E-state index contributed by atoms with van der Waals surface area (Å²) in [6.07, 6.45) is 0. The van der Waals surface area contributed by atoms with Crippen LogP contribution in [0.1, 0.15) is 17.3 Å². The molecule has 3 heterocycles. The molecule has 0 saturated carbocycles. The van der Waals surface area contributed by atoms with Crippen LogP contribution in [-0.4, -0.2) is 18.6 Å². The Kier molecular flexibility index (Phi) is 4.68. The highest BCUT2D eigenvalue weighted by atomic mass is 16.6. The van der Waals surface area contributed by atoms with Crippen molar-refractivity contribution in [1.82, 2.24) is 13.7 Å². The first kappa shape index (κ1) is 21.6. The third kappa shape index (κ3) is 2.89. The van der Waals surface area contributed by atoms with Crippen molar-refractivity contribution < 1.29 is 4.92 Å². The van der Waals surface area contributed by atoms with Crippen molar-refractivity contribution in [3.05, 3.63) is 121 Å². The van der Waals surface area contributed by atoms with Gasteiger partial charge in [-0.05, 0) is 23.8 Å². The number of benzene rings is 3. The van der Waals surface area contributed by atoms with Crippen LogP contribution in [-0.2, 0) is 14.1 Å². The Hall–Kier alpha value is -4.92. The molecule has 6 rings (SSSR count). The molecular weight excluding hydrogens is 458 g/mol. The van der Waals surface area contributed by atoms with Gasteiger partial charge in [-0.25, -0.2) is 4.79 Å². The van der Waals surface area contributed by atoms with Crippen molar-refractivity contribution in [3.63, 3.8) is 0 Å². The first-order chi connectivity index (χ1) is 17.4. The molecule has 0 unspecified atom stereocenters. The minimum absolute atomic E-state index is 0.0506. The number of hydrogen-bond donors (Lipinski definition) is 1. The molecule has 1 aliphatic rings. The molecule has 9 heteroatoms. The molecule has 1 atom stereocenters. The fraction of sp³-hybridized carbons (Fsp3) is 0.111. The Balaban J connectivity index is 1.88. The summed E-state index contributed by atoms with van der Waals surface area (Å²) in [6, 6.07) is 22.9. The molecule has 1 aliphatic heterocycles. The van der Waals surface area contributed by atoms with Gasteiger partial charge in [0.25, 0.3) is 11.2 Å². The molecule has 0 aliphatic carbocycles. The number of nitrogens with one attached hydrogen (secondary N) is 1. The number of anilines is 1. The Labute approximate surface area is 204 Å². The van der Waals surface area contributed by atoms with E-state index < -0.39 is 22.2 Å². The summed E-state index contributed by atoms with van der Waals surface area (Å²) in [6.45, 7) is 0. The minimum Gasteiger partial charge on any atom is -0.371 e. The minimum atomic E-state index is -0.695. The third-order valence-electron chi connectivity index (χ3n) is 6.82. The van der Waals surface area contributed by atoms with Gasteiger partial charge in [-0.1, -0.05) is 54.6 Å². The van der Waals surface area contributed by atoms with E-state index in [-0.39, 0.29) is 5.69 Å². The molecule has 178 valence electrons. The highest BCUT2D eigenvalue weighted by molar-refractivity contribution is 5.99. The number of aryl methyl sites for hydroxylation is 1. The zero-order valence-electron chi connectivity index (χ0n) is 19.5. The van der Waals surface area contributed by atoms with E-state index in [1.165, 1.54) is 17.7 Å². The van der Waals surface area contributed by atoms with E-state index in [2.05, 4.69) is 5.32 Å². The highest BCUT2D eigenvalue weighted by Crippen LogP contribution is 2.46. The molecule has 3 aromatic carbocycles. The SMILES string of the molecule is Cn1c(=O)c2c(-c3ccccc3)n3c(c2n(C)c1=O)[C@@H](c1ccccc1[N+](=O)[O-])Nc1ccccc1-3. The van der Waals surface area contributed by atoms with Crippen LogP contribution in [0, 0.1) is 10.1 Å². The predicted molar refractivity (Wildman–Crippen MR) is 138 cm³/mol. The topological polar surface area (TPSA) is 104 Å². The fourth-order valence-electron chi connectivity index (χ4n) is 5.22. The number of para-hydroxylation sites is 3. The maximum atomic E-state index is 13.7. The molecule has 0 spiro atoms. The largest absolute Gasteiger partial charge is 0.371 e. The number of hydrogen-bond acceptors (Lipinski definition) is 5. The number of nitro benzene ring substituents is 1. The monoisotopic (exact) mass is 479 g/mol. The Morgan fingerprint density at radius 2 is 1.53 bits per heavy atom. The molecule has 0 radical (unpaired) electrons. The van der Waals surface area contributed by atoms with Crippen molar-refractivity contribution in [2.24, 2.45) is 14.1 Å². The Morgan fingerprint density at radius 3 is 2.28 bits per heavy atom. The lowest BCUT2D eigenvalue weighted by Crippen LogP contribution is -2.37. The van der Waals surface area contributed by atoms with Gasteiger partial charge < -0.3 is 9.88 Å². The fourth-order valence-corrected chi connectivity index (χ4v) is 5.22. The normalized spacial score (nSPS) is 14.2. The summed E-state index contributed by atoms with van der Waals surface area (Å²) in [5.74, 6) is 0. The number of aromatic nitrogens is 3. The quantitative estimate of drug-likeness (QED) is 0.310. The molecule has 0 amide bonds. The molecule has 5 aromatic rings. The summed E-state index contributed by atoms with van der Waals surface area (Å²) < 4.78 is 4.51. The maximum absolute atomic E-state index is 13.7. The number of rotatable bonds is 3. The summed E-state index contributed by atoms with van der Waals surface area (Å²) in [4.78, 5) is 38.3. The van der Waals surface area contributed by atoms with E-state index in [1.54, 1.807) is 25.2 Å². The smallest absolute Gasteiger partial charge is 0.331 e. The van der Waals surface area contributed by atoms with E-state index in [4.69, 9.17) is 0 Å². The molecule has 0 bridgehead atoms. The second-order valence-electron chi connectivity index (χ2n) is 8.78. The maximum Gasteiger partial charge on any atom is 0.331 e. The van der Waals surface area contributed by atoms with Crippen molar-refractivity contribution in [2.45, 2.75) is 6.04 Å². The van der Waals surface area contributed by atoms with Crippen molar-refractivity contribution in [1.29, 1.82) is 0 Å². The zero-order valence-corrected chi connectivity index (χ0v) is 19.5. The van der Waals surface area contributed by atoms with E-state index in [9.17, 15) is 19.7 Å². The van der Waals surface area contributed by atoms with Crippen LogP contribution >= 0.6 is 0 Å². The van der Waals surface area contributed by atoms with Gasteiger partial charge in [0.15, 0.2) is 0 Å². The van der Waals surface area contributed by atoms with Gasteiger partial charge in [-0.15, -0.1) is 0 Å². The van der Waals surface area contributed by atoms with Crippen LogP contribution in [0.2, 0.25) is 0 Å². The summed E-state index contributed by atoms with van der Waals surface area (Å²) in [5, 5.41) is 15.8. The second-order valence-corrected chi connectivity index (χ2v) is 8.78. The number of nitro groups is 1. The highest BCUT2D eigenvalue weighted by Gasteiger charge is 2.37.